The first-order chi connectivity index (χ1) is 14.5. The number of halogens is 1. The lowest BCUT2D eigenvalue weighted by atomic mass is 10.2. The summed E-state index contributed by atoms with van der Waals surface area (Å²) in [5.74, 6) is 0.514. The van der Waals surface area contributed by atoms with E-state index in [4.69, 9.17) is 4.74 Å². The second-order valence-electron chi connectivity index (χ2n) is 7.68. The second-order valence-corrected chi connectivity index (χ2v) is 7.68. The summed E-state index contributed by atoms with van der Waals surface area (Å²) in [6.45, 7) is 2.06. The van der Waals surface area contributed by atoms with Gasteiger partial charge in [-0.15, -0.1) is 0 Å². The van der Waals surface area contributed by atoms with Gasteiger partial charge in [-0.25, -0.2) is 0 Å². The van der Waals surface area contributed by atoms with Gasteiger partial charge in [-0.05, 0) is 68.6 Å². The summed E-state index contributed by atoms with van der Waals surface area (Å²) < 4.78 is 17.5. The molecule has 1 aliphatic heterocycles. The molecule has 1 amide bonds. The van der Waals surface area contributed by atoms with Gasteiger partial charge in [-0.1, -0.05) is 12.1 Å². The van der Waals surface area contributed by atoms with Crippen molar-refractivity contribution in [3.8, 4) is 5.75 Å². The Labute approximate surface area is 178 Å². The van der Waals surface area contributed by atoms with Gasteiger partial charge in [0.15, 0.2) is 0 Å². The lowest BCUT2D eigenvalue weighted by Crippen LogP contribution is -2.31. The lowest BCUT2D eigenvalue weighted by molar-refractivity contribution is -0.111. The molecule has 1 aliphatic rings. The standard InChI is InChI=1S/C24H30FN3O2/c1-27(2)22-14-16-28(18-22)21-9-7-20(8-10-21)26-24(29)13-6-19-4-11-23(12-5-19)30-17-3-15-25/h4-13,22H,3,14-18H2,1-2H3,(H,26,29)/b13-6+. The van der Waals surface area contributed by atoms with E-state index >= 15 is 0 Å². The minimum absolute atomic E-state index is 0.181. The first-order valence-electron chi connectivity index (χ1n) is 10.3. The monoisotopic (exact) mass is 411 g/mol. The van der Waals surface area contributed by atoms with Gasteiger partial charge in [0.2, 0.25) is 5.91 Å². The van der Waals surface area contributed by atoms with E-state index in [0.717, 1.165) is 24.3 Å². The molecule has 0 radical (unpaired) electrons. The van der Waals surface area contributed by atoms with Crippen LogP contribution in [0.2, 0.25) is 0 Å². The molecule has 0 aromatic heterocycles. The summed E-state index contributed by atoms with van der Waals surface area (Å²) in [5.41, 5.74) is 2.85. The minimum Gasteiger partial charge on any atom is -0.493 e. The van der Waals surface area contributed by atoms with Crippen LogP contribution in [0.4, 0.5) is 15.8 Å². The van der Waals surface area contributed by atoms with Gasteiger partial charge in [0.05, 0.1) is 13.3 Å². The van der Waals surface area contributed by atoms with Gasteiger partial charge in [0.25, 0.3) is 0 Å². The number of amides is 1. The van der Waals surface area contributed by atoms with E-state index in [2.05, 4.69) is 41.3 Å². The van der Waals surface area contributed by atoms with Crippen LogP contribution in [0, 0.1) is 0 Å². The summed E-state index contributed by atoms with van der Waals surface area (Å²) in [6.07, 6.45) is 4.81. The fraction of sp³-hybridized carbons (Fsp3) is 0.375. The Bertz CT molecular complexity index is 835. The van der Waals surface area contributed by atoms with Crippen molar-refractivity contribution in [2.75, 3.05) is 50.7 Å². The average Bonchev–Trinajstić information content (AvgIpc) is 3.25. The smallest absolute Gasteiger partial charge is 0.248 e. The molecule has 1 fully saturated rings. The van der Waals surface area contributed by atoms with Gasteiger partial charge in [0.1, 0.15) is 5.75 Å². The molecule has 1 unspecified atom stereocenters. The Hall–Kier alpha value is -2.86. The van der Waals surface area contributed by atoms with E-state index in [1.165, 1.54) is 18.2 Å². The van der Waals surface area contributed by atoms with Crippen LogP contribution in [-0.2, 0) is 4.79 Å². The van der Waals surface area contributed by atoms with Crippen LogP contribution >= 0.6 is 0 Å². The highest BCUT2D eigenvalue weighted by molar-refractivity contribution is 6.02. The van der Waals surface area contributed by atoms with Crippen LogP contribution in [0.3, 0.4) is 0 Å². The zero-order valence-electron chi connectivity index (χ0n) is 17.7. The number of hydrogen-bond acceptors (Lipinski definition) is 4. The van der Waals surface area contributed by atoms with Gasteiger partial charge in [-0.2, -0.15) is 0 Å². The van der Waals surface area contributed by atoms with Crippen molar-refractivity contribution in [3.05, 3.63) is 60.2 Å². The Balaban J connectivity index is 1.49. The molecule has 1 N–H and O–H groups in total. The van der Waals surface area contributed by atoms with E-state index in [9.17, 15) is 9.18 Å². The molecule has 1 saturated heterocycles. The van der Waals surface area contributed by atoms with Crippen molar-refractivity contribution in [2.24, 2.45) is 0 Å². The van der Waals surface area contributed by atoms with E-state index in [1.54, 1.807) is 6.08 Å². The highest BCUT2D eigenvalue weighted by Crippen LogP contribution is 2.24. The van der Waals surface area contributed by atoms with Gasteiger partial charge in [0, 0.05) is 43.0 Å². The number of likely N-dealkylation sites (N-methyl/N-ethyl adjacent to an activating group) is 1. The maximum Gasteiger partial charge on any atom is 0.248 e. The summed E-state index contributed by atoms with van der Waals surface area (Å²) in [5, 5.41) is 2.89. The van der Waals surface area contributed by atoms with Gasteiger partial charge >= 0.3 is 0 Å². The SMILES string of the molecule is CN(C)C1CCN(c2ccc(NC(=O)/C=C/c3ccc(OCCCF)cc3)cc2)C1. The van der Waals surface area contributed by atoms with Crippen LogP contribution in [0.15, 0.2) is 54.6 Å². The maximum atomic E-state index is 12.2. The fourth-order valence-electron chi connectivity index (χ4n) is 3.43. The number of ether oxygens (including phenoxy) is 1. The van der Waals surface area contributed by atoms with Crippen LogP contribution in [-0.4, -0.2) is 57.3 Å². The van der Waals surface area contributed by atoms with Crippen LogP contribution in [0.25, 0.3) is 6.08 Å². The number of alkyl halides is 1. The maximum absolute atomic E-state index is 12.2. The number of anilines is 2. The predicted molar refractivity (Wildman–Crippen MR) is 121 cm³/mol. The molecule has 2 aromatic rings. The van der Waals surface area contributed by atoms with Crippen molar-refractivity contribution in [1.29, 1.82) is 0 Å². The first-order valence-corrected chi connectivity index (χ1v) is 10.3. The Morgan fingerprint density at radius 3 is 2.57 bits per heavy atom. The Kier molecular flexibility index (Phi) is 7.85. The van der Waals surface area contributed by atoms with E-state index in [1.807, 2.05) is 36.4 Å². The lowest BCUT2D eigenvalue weighted by Gasteiger charge is -2.22. The third-order valence-corrected chi connectivity index (χ3v) is 5.25. The average molecular weight is 412 g/mol. The number of carbonyl (C=O) groups excluding carboxylic acids is 1. The number of benzene rings is 2. The van der Waals surface area contributed by atoms with E-state index in [-0.39, 0.29) is 12.6 Å². The summed E-state index contributed by atoms with van der Waals surface area (Å²) >= 11 is 0. The van der Waals surface area contributed by atoms with E-state index in [0.29, 0.717) is 24.8 Å². The molecule has 0 saturated carbocycles. The van der Waals surface area contributed by atoms with Crippen molar-refractivity contribution in [3.63, 3.8) is 0 Å². The quantitative estimate of drug-likeness (QED) is 0.496. The molecule has 2 aromatic carbocycles. The topological polar surface area (TPSA) is 44.8 Å². The number of nitrogens with one attached hydrogen (secondary N) is 1. The van der Waals surface area contributed by atoms with Crippen LogP contribution < -0.4 is 15.0 Å². The van der Waals surface area contributed by atoms with Gasteiger partial charge in [-0.3, -0.25) is 9.18 Å². The number of rotatable bonds is 9. The first kappa shape index (κ1) is 21.8. The molecule has 0 bridgehead atoms. The van der Waals surface area contributed by atoms with E-state index < -0.39 is 0 Å². The number of carbonyl (C=O) groups is 1. The number of hydrogen-bond donors (Lipinski definition) is 1. The van der Waals surface area contributed by atoms with Crippen LogP contribution in [0.5, 0.6) is 5.75 Å². The third kappa shape index (κ3) is 6.32. The Morgan fingerprint density at radius 2 is 1.93 bits per heavy atom. The molecule has 3 rings (SSSR count). The fourth-order valence-corrected chi connectivity index (χ4v) is 3.43. The molecule has 160 valence electrons. The summed E-state index contributed by atoms with van der Waals surface area (Å²) in [4.78, 5) is 16.9. The minimum atomic E-state index is -0.381. The summed E-state index contributed by atoms with van der Waals surface area (Å²) in [7, 11) is 4.25. The normalized spacial score (nSPS) is 16.4. The van der Waals surface area contributed by atoms with Crippen molar-refractivity contribution in [2.45, 2.75) is 18.9 Å². The van der Waals surface area contributed by atoms with Crippen molar-refractivity contribution < 1.29 is 13.9 Å². The molecule has 6 heteroatoms. The zero-order valence-corrected chi connectivity index (χ0v) is 17.7. The van der Waals surface area contributed by atoms with Gasteiger partial charge < -0.3 is 19.9 Å². The van der Waals surface area contributed by atoms with Crippen molar-refractivity contribution >= 4 is 23.4 Å². The molecule has 0 aliphatic carbocycles. The number of nitrogens with zero attached hydrogens (tertiary/aromatic N) is 2. The molecule has 5 nitrogen and oxygen atoms in total. The highest BCUT2D eigenvalue weighted by atomic mass is 19.1. The molecule has 30 heavy (non-hydrogen) atoms. The molecular formula is C24H30FN3O2. The third-order valence-electron chi connectivity index (χ3n) is 5.25. The second kappa shape index (κ2) is 10.8. The largest absolute Gasteiger partial charge is 0.493 e. The summed E-state index contributed by atoms with van der Waals surface area (Å²) in [6, 6.07) is 15.9. The zero-order chi connectivity index (χ0) is 21.3. The molecule has 1 heterocycles. The highest BCUT2D eigenvalue weighted by Gasteiger charge is 2.23. The predicted octanol–water partition coefficient (Wildman–Crippen LogP) is 4.22. The van der Waals surface area contributed by atoms with Crippen molar-refractivity contribution in [1.82, 2.24) is 4.90 Å². The van der Waals surface area contributed by atoms with Crippen LogP contribution in [0.1, 0.15) is 18.4 Å². The molecule has 1 atom stereocenters. The molecule has 0 spiro atoms. The molecular weight excluding hydrogens is 381 g/mol. The Morgan fingerprint density at radius 1 is 1.20 bits per heavy atom.